The first-order valence-electron chi connectivity index (χ1n) is 14.1. The zero-order chi connectivity index (χ0) is 29.2. The second kappa shape index (κ2) is 14.7. The van der Waals surface area contributed by atoms with Crippen LogP contribution in [0.3, 0.4) is 0 Å². The summed E-state index contributed by atoms with van der Waals surface area (Å²) in [5.74, 6) is -0.751. The molecule has 0 aromatic heterocycles. The average molecular weight is 538 g/mol. The van der Waals surface area contributed by atoms with Gasteiger partial charge < -0.3 is 20.3 Å². The Balaban J connectivity index is 2.58. The normalized spacial score (nSPS) is 13.6. The fourth-order valence-corrected chi connectivity index (χ4v) is 4.45. The minimum Gasteiger partial charge on any atom is -0.444 e. The molecule has 0 bridgehead atoms. The summed E-state index contributed by atoms with van der Waals surface area (Å²) in [5.41, 5.74) is 2.60. The van der Waals surface area contributed by atoms with E-state index in [1.54, 1.807) is 25.7 Å². The molecule has 2 aromatic carbocycles. The molecule has 2 aromatic rings. The SMILES string of the molecule is CCCCCN(C(=O)C(NC(=O)OC(C)(C)C)C(C)CC)C(C(=O)Nc1ccccc1C)c1ccccc1C. The molecule has 0 heterocycles. The molecule has 7 nitrogen and oxygen atoms in total. The first kappa shape index (κ1) is 31.9. The molecule has 0 saturated carbocycles. The lowest BCUT2D eigenvalue weighted by Gasteiger charge is -2.36. The van der Waals surface area contributed by atoms with Crippen molar-refractivity contribution in [2.75, 3.05) is 11.9 Å². The van der Waals surface area contributed by atoms with Gasteiger partial charge in [-0.05, 0) is 69.7 Å². The van der Waals surface area contributed by atoms with Crippen molar-refractivity contribution in [3.8, 4) is 0 Å². The van der Waals surface area contributed by atoms with Gasteiger partial charge in [-0.15, -0.1) is 0 Å². The monoisotopic (exact) mass is 537 g/mol. The number of aryl methyl sites for hydroxylation is 2. The fraction of sp³-hybridized carbons (Fsp3) is 0.531. The van der Waals surface area contributed by atoms with Crippen molar-refractivity contribution in [1.29, 1.82) is 0 Å². The molecule has 3 atom stereocenters. The molecule has 2 N–H and O–H groups in total. The zero-order valence-corrected chi connectivity index (χ0v) is 25.0. The third kappa shape index (κ3) is 9.41. The van der Waals surface area contributed by atoms with E-state index in [0.29, 0.717) is 18.7 Å². The van der Waals surface area contributed by atoms with Crippen molar-refractivity contribution in [2.24, 2.45) is 5.92 Å². The third-order valence-corrected chi connectivity index (χ3v) is 6.88. The molecule has 0 fully saturated rings. The van der Waals surface area contributed by atoms with Gasteiger partial charge in [-0.25, -0.2) is 4.79 Å². The van der Waals surface area contributed by atoms with Crippen LogP contribution in [-0.4, -0.2) is 41.0 Å². The van der Waals surface area contributed by atoms with Gasteiger partial charge in [0.25, 0.3) is 5.91 Å². The molecule has 0 spiro atoms. The number of carbonyl (C=O) groups is 3. The number of unbranched alkanes of at least 4 members (excludes halogenated alkanes) is 2. The van der Waals surface area contributed by atoms with Gasteiger partial charge >= 0.3 is 6.09 Å². The Morgan fingerprint density at radius 3 is 2.10 bits per heavy atom. The van der Waals surface area contributed by atoms with Crippen molar-refractivity contribution in [2.45, 2.75) is 98.8 Å². The fourth-order valence-electron chi connectivity index (χ4n) is 4.45. The lowest BCUT2D eigenvalue weighted by molar-refractivity contribution is -0.142. The number of anilines is 1. The van der Waals surface area contributed by atoms with E-state index in [-0.39, 0.29) is 17.7 Å². The van der Waals surface area contributed by atoms with Crippen molar-refractivity contribution in [3.05, 3.63) is 65.2 Å². The number of para-hydroxylation sites is 1. The molecule has 0 saturated heterocycles. The van der Waals surface area contributed by atoms with E-state index in [0.717, 1.165) is 36.0 Å². The number of nitrogens with one attached hydrogen (secondary N) is 2. The smallest absolute Gasteiger partial charge is 0.408 e. The lowest BCUT2D eigenvalue weighted by atomic mass is 9.94. The van der Waals surface area contributed by atoms with E-state index < -0.39 is 23.8 Å². The van der Waals surface area contributed by atoms with Gasteiger partial charge in [-0.2, -0.15) is 0 Å². The van der Waals surface area contributed by atoms with Crippen molar-refractivity contribution in [3.63, 3.8) is 0 Å². The summed E-state index contributed by atoms with van der Waals surface area (Å²) in [7, 11) is 0. The van der Waals surface area contributed by atoms with E-state index in [4.69, 9.17) is 4.74 Å². The Morgan fingerprint density at radius 2 is 1.54 bits per heavy atom. The van der Waals surface area contributed by atoms with Gasteiger partial charge in [0.15, 0.2) is 0 Å². The van der Waals surface area contributed by atoms with E-state index >= 15 is 0 Å². The number of nitrogens with zero attached hydrogens (tertiary/aromatic N) is 1. The van der Waals surface area contributed by atoms with Gasteiger partial charge in [0.1, 0.15) is 17.7 Å². The number of ether oxygens (including phenoxy) is 1. The van der Waals surface area contributed by atoms with E-state index in [1.807, 2.05) is 76.2 Å². The van der Waals surface area contributed by atoms with Crippen LogP contribution in [0, 0.1) is 19.8 Å². The van der Waals surface area contributed by atoms with Gasteiger partial charge in [-0.3, -0.25) is 9.59 Å². The highest BCUT2D eigenvalue weighted by Crippen LogP contribution is 2.29. The molecule has 3 unspecified atom stereocenters. The number of rotatable bonds is 12. The summed E-state index contributed by atoms with van der Waals surface area (Å²) in [6.45, 7) is 15.6. The summed E-state index contributed by atoms with van der Waals surface area (Å²) >= 11 is 0. The van der Waals surface area contributed by atoms with Crippen LogP contribution in [0.15, 0.2) is 48.5 Å². The zero-order valence-electron chi connectivity index (χ0n) is 25.0. The van der Waals surface area contributed by atoms with Crippen LogP contribution in [-0.2, 0) is 14.3 Å². The maximum Gasteiger partial charge on any atom is 0.408 e. The second-order valence-corrected chi connectivity index (χ2v) is 11.3. The molecule has 214 valence electrons. The molecule has 39 heavy (non-hydrogen) atoms. The summed E-state index contributed by atoms with van der Waals surface area (Å²) in [6.07, 6.45) is 2.64. The standard InChI is InChI=1S/C32H47N3O4/c1-9-11-16-21-35(30(37)27(22(3)10-2)34-31(38)39-32(6,7)8)28(25-19-14-12-17-23(25)4)29(36)33-26-20-15-13-18-24(26)5/h12-15,17-20,22,27-28H,9-11,16,21H2,1-8H3,(H,33,36)(H,34,38). The number of hydrogen-bond acceptors (Lipinski definition) is 4. The summed E-state index contributed by atoms with van der Waals surface area (Å²) in [5, 5.41) is 5.90. The molecule has 0 aliphatic heterocycles. The van der Waals surface area contributed by atoms with E-state index in [2.05, 4.69) is 17.6 Å². The average Bonchev–Trinajstić information content (AvgIpc) is 2.87. The number of amides is 3. The minimum absolute atomic E-state index is 0.171. The first-order chi connectivity index (χ1) is 18.4. The topological polar surface area (TPSA) is 87.7 Å². The van der Waals surface area contributed by atoms with Crippen LogP contribution in [0.1, 0.15) is 90.0 Å². The van der Waals surface area contributed by atoms with Gasteiger partial charge in [0, 0.05) is 12.2 Å². The predicted molar refractivity (Wildman–Crippen MR) is 158 cm³/mol. The molecule has 7 heteroatoms. The van der Waals surface area contributed by atoms with Crippen molar-refractivity contribution in [1.82, 2.24) is 10.2 Å². The number of hydrogen-bond donors (Lipinski definition) is 2. The lowest BCUT2D eigenvalue weighted by Crippen LogP contribution is -2.55. The first-order valence-corrected chi connectivity index (χ1v) is 14.1. The van der Waals surface area contributed by atoms with Crippen LogP contribution in [0.25, 0.3) is 0 Å². The predicted octanol–water partition coefficient (Wildman–Crippen LogP) is 6.94. The molecule has 0 aliphatic rings. The Kier molecular flexibility index (Phi) is 12.0. The van der Waals surface area contributed by atoms with Crippen molar-refractivity contribution >= 4 is 23.6 Å². The molecular weight excluding hydrogens is 490 g/mol. The summed E-state index contributed by atoms with van der Waals surface area (Å²) in [4.78, 5) is 42.9. The number of carbonyl (C=O) groups excluding carboxylic acids is 3. The Labute approximate surface area is 234 Å². The van der Waals surface area contributed by atoms with Crippen molar-refractivity contribution < 1.29 is 19.1 Å². The highest BCUT2D eigenvalue weighted by atomic mass is 16.6. The molecular formula is C32H47N3O4. The van der Waals surface area contributed by atoms with Gasteiger partial charge in [0.2, 0.25) is 5.91 Å². The van der Waals surface area contributed by atoms with Crippen LogP contribution in [0.4, 0.5) is 10.5 Å². The third-order valence-electron chi connectivity index (χ3n) is 6.88. The summed E-state index contributed by atoms with van der Waals surface area (Å²) < 4.78 is 5.50. The van der Waals surface area contributed by atoms with Crippen LogP contribution < -0.4 is 10.6 Å². The molecule has 3 amide bonds. The largest absolute Gasteiger partial charge is 0.444 e. The Bertz CT molecular complexity index is 1110. The highest BCUT2D eigenvalue weighted by molar-refractivity contribution is 5.99. The van der Waals surface area contributed by atoms with Crippen LogP contribution in [0.5, 0.6) is 0 Å². The molecule has 0 radical (unpaired) electrons. The van der Waals surface area contributed by atoms with Crippen LogP contribution in [0.2, 0.25) is 0 Å². The maximum absolute atomic E-state index is 14.4. The second-order valence-electron chi connectivity index (χ2n) is 11.3. The molecule has 0 aliphatic carbocycles. The Hall–Kier alpha value is -3.35. The van der Waals surface area contributed by atoms with Crippen LogP contribution >= 0.6 is 0 Å². The van der Waals surface area contributed by atoms with E-state index in [9.17, 15) is 14.4 Å². The van der Waals surface area contributed by atoms with Gasteiger partial charge in [0.05, 0.1) is 0 Å². The quantitative estimate of drug-likeness (QED) is 0.287. The number of alkyl carbamates (subject to hydrolysis) is 1. The molecule has 2 rings (SSSR count). The summed E-state index contributed by atoms with van der Waals surface area (Å²) in [6, 6.07) is 13.5. The highest BCUT2D eigenvalue weighted by Gasteiger charge is 2.38. The van der Waals surface area contributed by atoms with Gasteiger partial charge in [-0.1, -0.05) is 82.5 Å². The minimum atomic E-state index is -0.873. The van der Waals surface area contributed by atoms with E-state index in [1.165, 1.54) is 0 Å². The Morgan fingerprint density at radius 1 is 0.923 bits per heavy atom. The maximum atomic E-state index is 14.4. The number of benzene rings is 2.